The molecule has 0 bridgehead atoms. The molecule has 4 heteroatoms. The van der Waals surface area contributed by atoms with Crippen LogP contribution in [0.1, 0.15) is 33.1 Å². The lowest BCUT2D eigenvalue weighted by molar-refractivity contribution is -0.240. The Hall–Kier alpha value is -1.54. The van der Waals surface area contributed by atoms with Crippen molar-refractivity contribution in [3.63, 3.8) is 0 Å². The molecule has 0 atom stereocenters. The Bertz CT molecular complexity index is 317. The number of cyclic esters (lactones) is 2. The molecule has 1 rings (SSSR count). The number of unbranched alkanes of at least 4 members (excludes halogenated alkanes) is 1. The van der Waals surface area contributed by atoms with Crippen molar-refractivity contribution in [2.24, 2.45) is 5.92 Å². The molecule has 0 aromatic carbocycles. The molecule has 16 heavy (non-hydrogen) atoms. The number of carbonyl (C=O) groups excluding carboxylic acids is 2. The van der Waals surface area contributed by atoms with Crippen LogP contribution in [0.25, 0.3) is 0 Å². The predicted molar refractivity (Wildman–Crippen MR) is 57.3 cm³/mol. The van der Waals surface area contributed by atoms with Gasteiger partial charge in [-0.25, -0.2) is 0 Å². The van der Waals surface area contributed by atoms with Crippen molar-refractivity contribution in [1.82, 2.24) is 0 Å². The fraction of sp³-hybridized carbons (Fsp3) is 0.583. The number of esters is 2. The zero-order chi connectivity index (χ0) is 12.2. The lowest BCUT2D eigenvalue weighted by Crippen LogP contribution is -2.46. The first-order chi connectivity index (χ1) is 7.46. The third-order valence-corrected chi connectivity index (χ3v) is 2.25. The highest BCUT2D eigenvalue weighted by molar-refractivity contribution is 5.96. The minimum absolute atomic E-state index is 0.436. The van der Waals surface area contributed by atoms with E-state index in [0.29, 0.717) is 12.8 Å². The minimum Gasteiger partial charge on any atom is -0.422 e. The summed E-state index contributed by atoms with van der Waals surface area (Å²) in [4.78, 5) is 23.0. The van der Waals surface area contributed by atoms with Crippen molar-refractivity contribution < 1.29 is 19.1 Å². The van der Waals surface area contributed by atoms with Crippen LogP contribution in [0.3, 0.4) is 0 Å². The number of ether oxygens (including phenoxy) is 2. The van der Waals surface area contributed by atoms with Crippen molar-refractivity contribution >= 4 is 11.9 Å². The number of hydrogen-bond acceptors (Lipinski definition) is 4. The summed E-state index contributed by atoms with van der Waals surface area (Å²) in [6, 6.07) is 0. The summed E-state index contributed by atoms with van der Waals surface area (Å²) in [5.74, 6) is -2.91. The van der Waals surface area contributed by atoms with Gasteiger partial charge in [-0.2, -0.15) is 0 Å². The molecule has 4 nitrogen and oxygen atoms in total. The normalized spacial score (nSPS) is 19.6. The van der Waals surface area contributed by atoms with Gasteiger partial charge in [-0.05, 0) is 25.3 Å². The van der Waals surface area contributed by atoms with Crippen LogP contribution in [0.5, 0.6) is 0 Å². The van der Waals surface area contributed by atoms with E-state index in [1.807, 2.05) is 0 Å². The van der Waals surface area contributed by atoms with Crippen molar-refractivity contribution in [3.8, 4) is 0 Å². The van der Waals surface area contributed by atoms with Gasteiger partial charge in [0.15, 0.2) is 5.92 Å². The summed E-state index contributed by atoms with van der Waals surface area (Å²) in [6.45, 7) is 6.51. The van der Waals surface area contributed by atoms with Gasteiger partial charge in [-0.3, -0.25) is 9.59 Å². The monoisotopic (exact) mass is 224 g/mol. The standard InChI is InChI=1S/C12H16O4/c1-4-5-6-7-8-9-10(13)15-12(2,3)16-11(9)14/h5,9H,1,6-8H2,2-3H3. The van der Waals surface area contributed by atoms with E-state index >= 15 is 0 Å². The summed E-state index contributed by atoms with van der Waals surface area (Å²) >= 11 is 0. The molecular formula is C12H16O4. The van der Waals surface area contributed by atoms with Gasteiger partial charge in [0, 0.05) is 13.8 Å². The molecule has 1 aliphatic heterocycles. The highest BCUT2D eigenvalue weighted by Gasteiger charge is 2.42. The van der Waals surface area contributed by atoms with Gasteiger partial charge in [0.05, 0.1) is 0 Å². The maximum atomic E-state index is 11.5. The zero-order valence-electron chi connectivity index (χ0n) is 9.62. The number of allylic oxidation sites excluding steroid dienone is 1. The number of hydrogen-bond donors (Lipinski definition) is 0. The lowest BCUT2D eigenvalue weighted by Gasteiger charge is -2.32. The largest absolute Gasteiger partial charge is 0.422 e. The van der Waals surface area contributed by atoms with Crippen LogP contribution in [-0.2, 0) is 19.1 Å². The summed E-state index contributed by atoms with van der Waals surface area (Å²) in [5, 5.41) is 0. The fourth-order valence-corrected chi connectivity index (χ4v) is 1.51. The molecule has 0 saturated carbocycles. The summed E-state index contributed by atoms with van der Waals surface area (Å²) in [6.07, 6.45) is 3.65. The van der Waals surface area contributed by atoms with E-state index in [4.69, 9.17) is 9.47 Å². The quantitative estimate of drug-likeness (QED) is 0.317. The molecule has 0 amide bonds. The summed E-state index contributed by atoms with van der Waals surface area (Å²) in [7, 11) is 0. The van der Waals surface area contributed by atoms with Gasteiger partial charge in [-0.1, -0.05) is 6.58 Å². The van der Waals surface area contributed by atoms with Crippen molar-refractivity contribution in [2.75, 3.05) is 0 Å². The maximum absolute atomic E-state index is 11.5. The van der Waals surface area contributed by atoms with E-state index in [-0.39, 0.29) is 0 Å². The first kappa shape index (κ1) is 12.5. The van der Waals surface area contributed by atoms with Crippen LogP contribution in [-0.4, -0.2) is 17.7 Å². The second-order valence-electron chi connectivity index (χ2n) is 4.13. The van der Waals surface area contributed by atoms with Crippen LogP contribution in [0.15, 0.2) is 18.4 Å². The molecule has 1 fully saturated rings. The molecule has 0 radical (unpaired) electrons. The molecule has 0 aromatic rings. The van der Waals surface area contributed by atoms with Crippen LogP contribution in [0.4, 0.5) is 0 Å². The van der Waals surface area contributed by atoms with Gasteiger partial charge in [0.2, 0.25) is 0 Å². The van der Waals surface area contributed by atoms with E-state index in [9.17, 15) is 9.59 Å². The zero-order valence-corrected chi connectivity index (χ0v) is 9.62. The topological polar surface area (TPSA) is 52.6 Å². The van der Waals surface area contributed by atoms with Crippen molar-refractivity contribution in [2.45, 2.75) is 38.9 Å². The van der Waals surface area contributed by atoms with E-state index in [0.717, 1.165) is 6.42 Å². The van der Waals surface area contributed by atoms with Crippen molar-refractivity contribution in [3.05, 3.63) is 18.4 Å². The predicted octanol–water partition coefficient (Wildman–Crippen LogP) is 1.95. The molecule has 1 aliphatic rings. The Morgan fingerprint density at radius 1 is 1.38 bits per heavy atom. The first-order valence-electron chi connectivity index (χ1n) is 5.26. The molecule has 88 valence electrons. The second kappa shape index (κ2) is 4.99. The Kier molecular flexibility index (Phi) is 3.91. The molecule has 0 unspecified atom stereocenters. The first-order valence-corrected chi connectivity index (χ1v) is 5.26. The third-order valence-electron chi connectivity index (χ3n) is 2.25. The average molecular weight is 224 g/mol. The van der Waals surface area contributed by atoms with E-state index in [1.54, 1.807) is 19.9 Å². The molecule has 1 heterocycles. The lowest BCUT2D eigenvalue weighted by atomic mass is 10.0. The highest BCUT2D eigenvalue weighted by Crippen LogP contribution is 2.25. The van der Waals surface area contributed by atoms with E-state index < -0.39 is 23.6 Å². The molecule has 0 N–H and O–H groups in total. The number of carbonyl (C=O) groups is 2. The van der Waals surface area contributed by atoms with E-state index in [1.165, 1.54) is 0 Å². The van der Waals surface area contributed by atoms with Gasteiger partial charge >= 0.3 is 11.9 Å². The second-order valence-corrected chi connectivity index (χ2v) is 4.13. The molecule has 1 saturated heterocycles. The highest BCUT2D eigenvalue weighted by atomic mass is 16.7. The Morgan fingerprint density at radius 2 is 1.94 bits per heavy atom. The third kappa shape index (κ3) is 3.24. The average Bonchev–Trinajstić information content (AvgIpc) is 2.13. The SMILES string of the molecule is C=C=CCCCC1C(=O)OC(C)(C)OC1=O. The smallest absolute Gasteiger partial charge is 0.323 e. The molecule has 0 aromatic heterocycles. The Labute approximate surface area is 94.9 Å². The van der Waals surface area contributed by atoms with Gasteiger partial charge in [-0.15, -0.1) is 5.73 Å². The van der Waals surface area contributed by atoms with Crippen LogP contribution in [0, 0.1) is 5.92 Å². The molecule has 0 aliphatic carbocycles. The van der Waals surface area contributed by atoms with Crippen LogP contribution in [0.2, 0.25) is 0 Å². The van der Waals surface area contributed by atoms with Gasteiger partial charge in [0.25, 0.3) is 5.79 Å². The van der Waals surface area contributed by atoms with Crippen molar-refractivity contribution in [1.29, 1.82) is 0 Å². The summed E-state index contributed by atoms with van der Waals surface area (Å²) < 4.78 is 9.99. The van der Waals surface area contributed by atoms with E-state index in [2.05, 4.69) is 12.3 Å². The Balaban J connectivity index is 2.51. The Morgan fingerprint density at radius 3 is 2.44 bits per heavy atom. The molecule has 0 spiro atoms. The van der Waals surface area contributed by atoms with Crippen LogP contribution >= 0.6 is 0 Å². The summed E-state index contributed by atoms with van der Waals surface area (Å²) in [5.41, 5.74) is 2.63. The fourth-order valence-electron chi connectivity index (χ4n) is 1.51. The maximum Gasteiger partial charge on any atom is 0.323 e. The number of rotatable bonds is 4. The minimum atomic E-state index is -1.13. The van der Waals surface area contributed by atoms with Gasteiger partial charge in [0.1, 0.15) is 0 Å². The van der Waals surface area contributed by atoms with Crippen LogP contribution < -0.4 is 0 Å². The van der Waals surface area contributed by atoms with Gasteiger partial charge < -0.3 is 9.47 Å². The molecular weight excluding hydrogens is 208 g/mol.